The van der Waals surface area contributed by atoms with Gasteiger partial charge in [-0.05, 0) is 17.5 Å². The maximum Gasteiger partial charge on any atom is 0.224 e. The molecule has 1 aliphatic rings. The molecule has 1 fully saturated rings. The van der Waals surface area contributed by atoms with Crippen molar-refractivity contribution in [2.75, 3.05) is 13.1 Å². The summed E-state index contributed by atoms with van der Waals surface area (Å²) in [5.74, 6) is 0.565. The molecule has 2 N–H and O–H groups in total. The Morgan fingerprint density at radius 1 is 1.12 bits per heavy atom. The fourth-order valence-corrected chi connectivity index (χ4v) is 3.32. The normalized spacial score (nSPS) is 20.9. The second-order valence-electron chi connectivity index (χ2n) is 6.64. The smallest absolute Gasteiger partial charge is 0.224 e. The monoisotopic (exact) mass is 324 g/mol. The van der Waals surface area contributed by atoms with Crippen molar-refractivity contribution in [3.63, 3.8) is 0 Å². The molecule has 4 heteroatoms. The molecule has 1 heterocycles. The molecule has 2 aromatic carbocycles. The summed E-state index contributed by atoms with van der Waals surface area (Å²) in [5, 5.41) is 12.9. The van der Waals surface area contributed by atoms with Crippen molar-refractivity contribution < 1.29 is 9.90 Å². The van der Waals surface area contributed by atoms with E-state index in [1.807, 2.05) is 12.1 Å². The topological polar surface area (TPSA) is 52.6 Å². The van der Waals surface area contributed by atoms with Gasteiger partial charge in [0.2, 0.25) is 5.91 Å². The summed E-state index contributed by atoms with van der Waals surface area (Å²) < 4.78 is 0. The van der Waals surface area contributed by atoms with Crippen molar-refractivity contribution in [3.05, 3.63) is 65.7 Å². The molecular formula is C20H24N2O2. The summed E-state index contributed by atoms with van der Waals surface area (Å²) in [6, 6.07) is 17.6. The number of phenols is 1. The fraction of sp³-hybridized carbons (Fsp3) is 0.350. The molecule has 0 radical (unpaired) electrons. The summed E-state index contributed by atoms with van der Waals surface area (Å²) in [4.78, 5) is 14.7. The van der Waals surface area contributed by atoms with Crippen LogP contribution in [0.3, 0.4) is 0 Å². The van der Waals surface area contributed by atoms with Crippen LogP contribution in [0.1, 0.15) is 18.1 Å². The van der Waals surface area contributed by atoms with Crippen molar-refractivity contribution in [1.29, 1.82) is 0 Å². The van der Waals surface area contributed by atoms with Crippen molar-refractivity contribution in [1.82, 2.24) is 10.2 Å². The minimum Gasteiger partial charge on any atom is -0.508 e. The van der Waals surface area contributed by atoms with E-state index in [2.05, 4.69) is 41.4 Å². The first-order chi connectivity index (χ1) is 11.6. The van der Waals surface area contributed by atoms with Gasteiger partial charge in [-0.15, -0.1) is 0 Å². The van der Waals surface area contributed by atoms with Gasteiger partial charge >= 0.3 is 0 Å². The van der Waals surface area contributed by atoms with Crippen LogP contribution in [0.15, 0.2) is 54.6 Å². The van der Waals surface area contributed by atoms with Gasteiger partial charge < -0.3 is 10.4 Å². The van der Waals surface area contributed by atoms with E-state index in [4.69, 9.17) is 0 Å². The zero-order valence-corrected chi connectivity index (χ0v) is 14.0. The summed E-state index contributed by atoms with van der Waals surface area (Å²) in [6.45, 7) is 4.94. The Bertz CT molecular complexity index is 687. The van der Waals surface area contributed by atoms with Crippen LogP contribution < -0.4 is 5.32 Å². The van der Waals surface area contributed by atoms with Crippen LogP contribution in [0.2, 0.25) is 0 Å². The number of hydrogen-bond acceptors (Lipinski definition) is 3. The maximum absolute atomic E-state index is 12.3. The van der Waals surface area contributed by atoms with Crippen LogP contribution in [-0.4, -0.2) is 35.0 Å². The quantitative estimate of drug-likeness (QED) is 0.889. The molecule has 1 aliphatic heterocycles. The molecule has 3 rings (SSSR count). The number of amides is 1. The highest BCUT2D eigenvalue weighted by Gasteiger charge is 2.30. The lowest BCUT2D eigenvalue weighted by molar-refractivity contribution is -0.121. The van der Waals surface area contributed by atoms with E-state index in [0.717, 1.165) is 19.6 Å². The number of phenolic OH excluding ortho intramolecular Hbond substituents is 1. The lowest BCUT2D eigenvalue weighted by Gasteiger charge is -2.17. The van der Waals surface area contributed by atoms with Gasteiger partial charge in [0.15, 0.2) is 0 Å². The molecule has 126 valence electrons. The fourth-order valence-electron chi connectivity index (χ4n) is 3.32. The van der Waals surface area contributed by atoms with E-state index in [0.29, 0.717) is 11.5 Å². The average molecular weight is 324 g/mol. The molecule has 0 unspecified atom stereocenters. The predicted molar refractivity (Wildman–Crippen MR) is 94.6 cm³/mol. The number of likely N-dealkylation sites (tertiary alicyclic amines) is 1. The number of aromatic hydroxyl groups is 1. The highest BCUT2D eigenvalue weighted by Crippen LogP contribution is 2.20. The molecule has 4 nitrogen and oxygen atoms in total. The van der Waals surface area contributed by atoms with Gasteiger partial charge in [0.25, 0.3) is 0 Å². The lowest BCUT2D eigenvalue weighted by atomic mass is 10.1. The van der Waals surface area contributed by atoms with Gasteiger partial charge in [-0.25, -0.2) is 0 Å². The lowest BCUT2D eigenvalue weighted by Crippen LogP contribution is -2.40. The first-order valence-electron chi connectivity index (χ1n) is 8.44. The maximum atomic E-state index is 12.3. The zero-order chi connectivity index (χ0) is 16.9. The largest absolute Gasteiger partial charge is 0.508 e. The second-order valence-corrected chi connectivity index (χ2v) is 6.64. The van der Waals surface area contributed by atoms with Crippen molar-refractivity contribution >= 4 is 5.91 Å². The van der Waals surface area contributed by atoms with Crippen molar-refractivity contribution in [2.45, 2.75) is 25.9 Å². The van der Waals surface area contributed by atoms with Gasteiger partial charge in [0, 0.05) is 31.2 Å². The Kier molecular flexibility index (Phi) is 5.16. The minimum atomic E-state index is -0.0325. The Morgan fingerprint density at radius 2 is 1.83 bits per heavy atom. The molecule has 0 aliphatic carbocycles. The van der Waals surface area contributed by atoms with Crippen LogP contribution in [0.5, 0.6) is 5.75 Å². The van der Waals surface area contributed by atoms with Gasteiger partial charge in [-0.2, -0.15) is 0 Å². The van der Waals surface area contributed by atoms with Crippen LogP contribution in [0, 0.1) is 5.92 Å². The molecule has 2 atom stereocenters. The molecule has 1 amide bonds. The summed E-state index contributed by atoms with van der Waals surface area (Å²) in [7, 11) is 0. The first-order valence-corrected chi connectivity index (χ1v) is 8.44. The van der Waals surface area contributed by atoms with Gasteiger partial charge in [-0.1, -0.05) is 55.5 Å². The number of para-hydroxylation sites is 1. The molecule has 0 aromatic heterocycles. The number of rotatable bonds is 5. The number of hydrogen-bond donors (Lipinski definition) is 2. The highest BCUT2D eigenvalue weighted by atomic mass is 16.3. The number of nitrogens with one attached hydrogen (secondary N) is 1. The van der Waals surface area contributed by atoms with E-state index in [1.54, 1.807) is 18.2 Å². The molecule has 0 spiro atoms. The average Bonchev–Trinajstić information content (AvgIpc) is 2.90. The van der Waals surface area contributed by atoms with E-state index in [1.165, 1.54) is 5.56 Å². The Morgan fingerprint density at radius 3 is 2.58 bits per heavy atom. The van der Waals surface area contributed by atoms with E-state index in [-0.39, 0.29) is 24.1 Å². The Balaban J connectivity index is 1.54. The van der Waals surface area contributed by atoms with Gasteiger partial charge in [0.05, 0.1) is 6.42 Å². The third-order valence-corrected chi connectivity index (χ3v) is 4.63. The van der Waals surface area contributed by atoms with Gasteiger partial charge in [0.1, 0.15) is 5.75 Å². The molecule has 24 heavy (non-hydrogen) atoms. The molecule has 0 saturated carbocycles. The standard InChI is InChI=1S/C20H24N2O2/c1-15-12-22(13-16-7-3-2-4-8-16)14-18(15)21-20(24)11-17-9-5-6-10-19(17)23/h2-10,15,18,23H,11-14H2,1H3,(H,21,24)/t15-,18+/m1/s1. The minimum absolute atomic E-state index is 0.0325. The predicted octanol–water partition coefficient (Wildman–Crippen LogP) is 2.57. The van der Waals surface area contributed by atoms with E-state index in [9.17, 15) is 9.90 Å². The summed E-state index contributed by atoms with van der Waals surface area (Å²) >= 11 is 0. The summed E-state index contributed by atoms with van der Waals surface area (Å²) in [6.07, 6.45) is 0.217. The number of carbonyl (C=O) groups is 1. The number of carbonyl (C=O) groups excluding carboxylic acids is 1. The van der Waals surface area contributed by atoms with Gasteiger partial charge in [-0.3, -0.25) is 9.69 Å². The third kappa shape index (κ3) is 4.15. The highest BCUT2D eigenvalue weighted by molar-refractivity contribution is 5.79. The molecular weight excluding hydrogens is 300 g/mol. The molecule has 2 aromatic rings. The van der Waals surface area contributed by atoms with E-state index < -0.39 is 0 Å². The third-order valence-electron chi connectivity index (χ3n) is 4.63. The van der Waals surface area contributed by atoms with Crippen molar-refractivity contribution in [2.24, 2.45) is 5.92 Å². The van der Waals surface area contributed by atoms with E-state index >= 15 is 0 Å². The van der Waals surface area contributed by atoms with Crippen LogP contribution in [0.4, 0.5) is 0 Å². The number of benzene rings is 2. The Hall–Kier alpha value is -2.33. The van der Waals surface area contributed by atoms with Crippen LogP contribution >= 0.6 is 0 Å². The second kappa shape index (κ2) is 7.49. The SMILES string of the molecule is C[C@@H]1CN(Cc2ccccc2)C[C@@H]1NC(=O)Cc1ccccc1O. The van der Waals surface area contributed by atoms with Crippen LogP contribution in [0.25, 0.3) is 0 Å². The number of nitrogens with zero attached hydrogens (tertiary/aromatic N) is 1. The Labute approximate surface area is 143 Å². The molecule has 1 saturated heterocycles. The summed E-state index contributed by atoms with van der Waals surface area (Å²) in [5.41, 5.74) is 1.97. The zero-order valence-electron chi connectivity index (χ0n) is 14.0. The van der Waals surface area contributed by atoms with Crippen molar-refractivity contribution in [3.8, 4) is 5.75 Å². The first kappa shape index (κ1) is 16.5. The van der Waals surface area contributed by atoms with Crippen LogP contribution in [-0.2, 0) is 17.8 Å². The molecule has 0 bridgehead atoms.